The Labute approximate surface area is 121 Å². The van der Waals surface area contributed by atoms with Gasteiger partial charge in [0.05, 0.1) is 6.42 Å². The molecule has 3 nitrogen and oxygen atoms in total. The molecule has 20 heavy (non-hydrogen) atoms. The van der Waals surface area contributed by atoms with Gasteiger partial charge in [0.2, 0.25) is 5.91 Å². The van der Waals surface area contributed by atoms with Crippen molar-refractivity contribution < 1.29 is 4.79 Å². The van der Waals surface area contributed by atoms with E-state index in [-0.39, 0.29) is 5.91 Å². The first-order valence-electron chi connectivity index (χ1n) is 7.43. The number of carbonyl (C=O) groups excluding carboxylic acids is 1. The fourth-order valence-corrected chi connectivity index (χ4v) is 3.00. The molecule has 0 saturated heterocycles. The Bertz CT molecular complexity index is 464. The molecule has 1 aromatic rings. The first kappa shape index (κ1) is 14.8. The molecular weight excluding hydrogens is 248 g/mol. The molecule has 0 heterocycles. The summed E-state index contributed by atoms with van der Waals surface area (Å²) in [6, 6.07) is 8.33. The molecule has 0 aromatic heterocycles. The highest BCUT2D eigenvalue weighted by molar-refractivity contribution is 5.79. The monoisotopic (exact) mass is 272 g/mol. The maximum atomic E-state index is 12.6. The number of nitrogens with two attached hydrogens (primary N) is 1. The predicted octanol–water partition coefficient (Wildman–Crippen LogP) is 2.65. The van der Waals surface area contributed by atoms with Gasteiger partial charge in [-0.15, -0.1) is 6.58 Å². The van der Waals surface area contributed by atoms with Crippen molar-refractivity contribution in [2.75, 3.05) is 6.54 Å². The minimum absolute atomic E-state index is 0.192. The van der Waals surface area contributed by atoms with Crippen LogP contribution in [0.25, 0.3) is 0 Å². The zero-order valence-corrected chi connectivity index (χ0v) is 12.1. The number of carbonyl (C=O) groups is 1. The highest BCUT2D eigenvalue weighted by Gasteiger charge is 2.25. The first-order chi connectivity index (χ1) is 9.76. The average Bonchev–Trinajstić information content (AvgIpc) is 2.99. The standard InChI is InChI=1S/C17H24N2O/c1-2-11-19(16-9-5-6-10-16)17(20)12-14-7-3-4-8-15(14)13-18/h2-4,7-8,16H,1,5-6,9-13,18H2. The van der Waals surface area contributed by atoms with E-state index in [0.717, 1.165) is 24.0 Å². The topological polar surface area (TPSA) is 46.3 Å². The molecule has 108 valence electrons. The molecular formula is C17H24N2O. The molecule has 0 atom stereocenters. The van der Waals surface area contributed by atoms with Gasteiger partial charge in [-0.05, 0) is 24.0 Å². The maximum Gasteiger partial charge on any atom is 0.227 e. The van der Waals surface area contributed by atoms with E-state index in [2.05, 4.69) is 6.58 Å². The molecule has 0 unspecified atom stereocenters. The molecule has 0 aliphatic heterocycles. The van der Waals surface area contributed by atoms with Gasteiger partial charge in [0.1, 0.15) is 0 Å². The summed E-state index contributed by atoms with van der Waals surface area (Å²) in [6.45, 7) is 4.91. The Balaban J connectivity index is 2.09. The van der Waals surface area contributed by atoms with Gasteiger partial charge < -0.3 is 10.6 Å². The lowest BCUT2D eigenvalue weighted by atomic mass is 10.0. The molecule has 2 N–H and O–H groups in total. The van der Waals surface area contributed by atoms with Crippen molar-refractivity contribution in [3.05, 3.63) is 48.0 Å². The van der Waals surface area contributed by atoms with Crippen LogP contribution in [0.1, 0.15) is 36.8 Å². The fourth-order valence-electron chi connectivity index (χ4n) is 3.00. The summed E-state index contributed by atoms with van der Waals surface area (Å²) < 4.78 is 0. The lowest BCUT2D eigenvalue weighted by Gasteiger charge is -2.28. The molecule has 1 saturated carbocycles. The normalized spacial score (nSPS) is 15.2. The predicted molar refractivity (Wildman–Crippen MR) is 82.2 cm³/mol. The van der Waals surface area contributed by atoms with Crippen LogP contribution < -0.4 is 5.73 Å². The third-order valence-corrected chi connectivity index (χ3v) is 4.09. The third-order valence-electron chi connectivity index (χ3n) is 4.09. The number of amides is 1. The SMILES string of the molecule is C=CCN(C(=O)Cc1ccccc1CN)C1CCCC1. The molecule has 1 amide bonds. The molecule has 1 aliphatic carbocycles. The number of rotatable bonds is 6. The van der Waals surface area contributed by atoms with E-state index in [0.29, 0.717) is 25.6 Å². The minimum Gasteiger partial charge on any atom is -0.336 e. The Kier molecular flexibility index (Phi) is 5.36. The van der Waals surface area contributed by atoms with Gasteiger partial charge in [-0.25, -0.2) is 0 Å². The summed E-state index contributed by atoms with van der Waals surface area (Å²) in [5, 5.41) is 0. The summed E-state index contributed by atoms with van der Waals surface area (Å²) in [7, 11) is 0. The summed E-state index contributed by atoms with van der Waals surface area (Å²) in [6.07, 6.45) is 6.97. The van der Waals surface area contributed by atoms with Gasteiger partial charge in [-0.1, -0.05) is 43.2 Å². The van der Waals surface area contributed by atoms with Crippen LogP contribution in [0.4, 0.5) is 0 Å². The molecule has 3 heteroatoms. The fraction of sp³-hybridized carbons (Fsp3) is 0.471. The minimum atomic E-state index is 0.192. The third kappa shape index (κ3) is 3.48. The van der Waals surface area contributed by atoms with E-state index in [9.17, 15) is 4.79 Å². The van der Waals surface area contributed by atoms with E-state index in [1.165, 1.54) is 12.8 Å². The van der Waals surface area contributed by atoms with Crippen molar-refractivity contribution in [2.24, 2.45) is 5.73 Å². The van der Waals surface area contributed by atoms with E-state index >= 15 is 0 Å². The lowest BCUT2D eigenvalue weighted by Crippen LogP contribution is -2.40. The maximum absolute atomic E-state index is 12.6. The van der Waals surface area contributed by atoms with Crippen molar-refractivity contribution >= 4 is 5.91 Å². The van der Waals surface area contributed by atoms with Crippen LogP contribution in [-0.4, -0.2) is 23.4 Å². The number of benzene rings is 1. The lowest BCUT2D eigenvalue weighted by molar-refractivity contribution is -0.132. The van der Waals surface area contributed by atoms with Crippen LogP contribution in [0, 0.1) is 0 Å². The Morgan fingerprint density at radius 2 is 1.95 bits per heavy atom. The summed E-state index contributed by atoms with van der Waals surface area (Å²) in [5.74, 6) is 0.192. The van der Waals surface area contributed by atoms with Crippen molar-refractivity contribution in [3.63, 3.8) is 0 Å². The van der Waals surface area contributed by atoms with E-state index < -0.39 is 0 Å². The Hall–Kier alpha value is -1.61. The summed E-state index contributed by atoms with van der Waals surface area (Å²) >= 11 is 0. The van der Waals surface area contributed by atoms with Gasteiger partial charge in [0.15, 0.2) is 0 Å². The highest BCUT2D eigenvalue weighted by atomic mass is 16.2. The second-order valence-corrected chi connectivity index (χ2v) is 5.42. The van der Waals surface area contributed by atoms with Crippen LogP contribution in [0.5, 0.6) is 0 Å². The zero-order valence-electron chi connectivity index (χ0n) is 12.1. The van der Waals surface area contributed by atoms with E-state index in [1.54, 1.807) is 0 Å². The van der Waals surface area contributed by atoms with Gasteiger partial charge >= 0.3 is 0 Å². The molecule has 2 rings (SSSR count). The smallest absolute Gasteiger partial charge is 0.227 e. The Morgan fingerprint density at radius 3 is 2.55 bits per heavy atom. The second-order valence-electron chi connectivity index (χ2n) is 5.42. The van der Waals surface area contributed by atoms with E-state index in [1.807, 2.05) is 35.2 Å². The number of hydrogen-bond acceptors (Lipinski definition) is 2. The van der Waals surface area contributed by atoms with Gasteiger partial charge in [0.25, 0.3) is 0 Å². The van der Waals surface area contributed by atoms with Crippen LogP contribution in [0.3, 0.4) is 0 Å². The van der Waals surface area contributed by atoms with Crippen molar-refractivity contribution in [1.82, 2.24) is 4.90 Å². The summed E-state index contributed by atoms with van der Waals surface area (Å²) in [4.78, 5) is 14.6. The molecule has 0 bridgehead atoms. The van der Waals surface area contributed by atoms with E-state index in [4.69, 9.17) is 5.73 Å². The molecule has 1 fully saturated rings. The van der Waals surface area contributed by atoms with Crippen molar-refractivity contribution in [1.29, 1.82) is 0 Å². The average molecular weight is 272 g/mol. The van der Waals surface area contributed by atoms with Crippen LogP contribution in [0.2, 0.25) is 0 Å². The molecule has 0 spiro atoms. The van der Waals surface area contributed by atoms with Crippen LogP contribution in [-0.2, 0) is 17.8 Å². The van der Waals surface area contributed by atoms with Gasteiger partial charge in [-0.3, -0.25) is 4.79 Å². The zero-order chi connectivity index (χ0) is 14.4. The van der Waals surface area contributed by atoms with Crippen LogP contribution >= 0.6 is 0 Å². The second kappa shape index (κ2) is 7.25. The Morgan fingerprint density at radius 1 is 1.30 bits per heavy atom. The summed E-state index contributed by atoms with van der Waals surface area (Å²) in [5.41, 5.74) is 7.85. The largest absolute Gasteiger partial charge is 0.336 e. The van der Waals surface area contributed by atoms with Crippen LogP contribution in [0.15, 0.2) is 36.9 Å². The molecule has 1 aromatic carbocycles. The van der Waals surface area contributed by atoms with Crippen molar-refractivity contribution in [2.45, 2.75) is 44.7 Å². The first-order valence-corrected chi connectivity index (χ1v) is 7.43. The highest BCUT2D eigenvalue weighted by Crippen LogP contribution is 2.24. The van der Waals surface area contributed by atoms with Gasteiger partial charge in [-0.2, -0.15) is 0 Å². The van der Waals surface area contributed by atoms with Crippen molar-refractivity contribution in [3.8, 4) is 0 Å². The molecule has 0 radical (unpaired) electrons. The van der Waals surface area contributed by atoms with Gasteiger partial charge in [0, 0.05) is 19.1 Å². The quantitative estimate of drug-likeness (QED) is 0.809. The number of nitrogens with zero attached hydrogens (tertiary/aromatic N) is 1. The molecule has 1 aliphatic rings. The number of hydrogen-bond donors (Lipinski definition) is 1.